The van der Waals surface area contributed by atoms with Gasteiger partial charge in [0.1, 0.15) is 0 Å². The SMILES string of the molecule is Cc1cc(N(c2cc(C)c(C)c(C)c2)c2ccc3c4cc5c(cc4n4c6ccc(C(C)(C)C)cc6c2c34)c2ccc(N(c3cc(C)c(C)c(C)c3)c3cc(C)c(C)c(C)c3)c3c4cc(C(C)(C)C)ccc4n5c23)cc(C)c1C. The summed E-state index contributed by atoms with van der Waals surface area (Å²) >= 11 is 0. The van der Waals surface area contributed by atoms with Crippen molar-refractivity contribution in [3.8, 4) is 0 Å². The molecule has 0 radical (unpaired) electrons. The second-order valence-corrected chi connectivity index (χ2v) is 25.7. The summed E-state index contributed by atoms with van der Waals surface area (Å²) < 4.78 is 5.22. The maximum absolute atomic E-state index is 2.61. The number of rotatable bonds is 6. The van der Waals surface area contributed by atoms with Gasteiger partial charge < -0.3 is 18.6 Å². The Bertz CT molecular complexity index is 4200. The van der Waals surface area contributed by atoms with Crippen molar-refractivity contribution in [3.05, 3.63) is 199 Å². The quantitative estimate of drug-likeness (QED) is 0.165. The first-order valence-electron chi connectivity index (χ1n) is 28.3. The van der Waals surface area contributed by atoms with Gasteiger partial charge >= 0.3 is 0 Å². The number of aryl methyl sites for hydroxylation is 8. The third-order valence-electron chi connectivity index (χ3n) is 18.8. The van der Waals surface area contributed by atoms with Crippen molar-refractivity contribution >= 4 is 110 Å². The van der Waals surface area contributed by atoms with Crippen LogP contribution in [0, 0.1) is 83.1 Å². The predicted molar refractivity (Wildman–Crippen MR) is 339 cm³/mol. The van der Waals surface area contributed by atoms with Crippen LogP contribution in [-0.4, -0.2) is 8.80 Å². The number of fused-ring (bicyclic) bond motifs is 12. The molecule has 13 aromatic rings. The molecule has 13 rings (SSSR count). The number of hydrogen-bond donors (Lipinski definition) is 0. The molecule has 0 aliphatic carbocycles. The highest BCUT2D eigenvalue weighted by molar-refractivity contribution is 6.32. The molecule has 0 fully saturated rings. The van der Waals surface area contributed by atoms with Gasteiger partial charge in [-0.25, -0.2) is 0 Å². The molecule has 390 valence electrons. The summed E-state index contributed by atoms with van der Waals surface area (Å²) in [6.07, 6.45) is 0. The Balaban J connectivity index is 1.16. The Hall–Kier alpha value is -7.82. The van der Waals surface area contributed by atoms with Crippen molar-refractivity contribution in [2.45, 2.75) is 135 Å². The Morgan fingerprint density at radius 1 is 0.282 bits per heavy atom. The van der Waals surface area contributed by atoms with Crippen molar-refractivity contribution < 1.29 is 0 Å². The van der Waals surface area contributed by atoms with Gasteiger partial charge in [0, 0.05) is 65.8 Å². The molecule has 0 aliphatic heterocycles. The molecule has 78 heavy (non-hydrogen) atoms. The lowest BCUT2D eigenvalue weighted by Gasteiger charge is -2.29. The lowest BCUT2D eigenvalue weighted by Crippen LogP contribution is -2.12. The van der Waals surface area contributed by atoms with Gasteiger partial charge in [-0.05, 0) is 269 Å². The Labute approximate surface area is 461 Å². The number of aromatic nitrogens is 2. The van der Waals surface area contributed by atoms with Gasteiger partial charge in [0.05, 0.1) is 44.5 Å². The fraction of sp³-hybridized carbons (Fsp3) is 0.270. The second-order valence-electron chi connectivity index (χ2n) is 25.7. The molecule has 0 bridgehead atoms. The summed E-state index contributed by atoms with van der Waals surface area (Å²) in [5.74, 6) is 0. The largest absolute Gasteiger partial charge is 0.310 e. The summed E-state index contributed by atoms with van der Waals surface area (Å²) in [5, 5.41) is 10.2. The van der Waals surface area contributed by atoms with E-state index in [4.69, 9.17) is 0 Å². The maximum atomic E-state index is 2.61. The van der Waals surface area contributed by atoms with Crippen molar-refractivity contribution in [3.63, 3.8) is 0 Å². The zero-order valence-electron chi connectivity index (χ0n) is 49.3. The first-order valence-corrected chi connectivity index (χ1v) is 28.3. The van der Waals surface area contributed by atoms with Crippen molar-refractivity contribution in [1.29, 1.82) is 0 Å². The number of benzene rings is 9. The van der Waals surface area contributed by atoms with Crippen LogP contribution in [0.3, 0.4) is 0 Å². The highest BCUT2D eigenvalue weighted by Gasteiger charge is 2.30. The summed E-state index contributed by atoms with van der Waals surface area (Å²) in [5.41, 5.74) is 33.0. The second kappa shape index (κ2) is 16.8. The van der Waals surface area contributed by atoms with E-state index in [2.05, 4.69) is 265 Å². The van der Waals surface area contributed by atoms with Crippen molar-refractivity contribution in [1.82, 2.24) is 8.80 Å². The van der Waals surface area contributed by atoms with Gasteiger partial charge in [-0.3, -0.25) is 0 Å². The van der Waals surface area contributed by atoms with Gasteiger partial charge in [0.15, 0.2) is 0 Å². The van der Waals surface area contributed by atoms with Crippen molar-refractivity contribution in [2.24, 2.45) is 0 Å². The highest BCUT2D eigenvalue weighted by Crippen LogP contribution is 2.53. The van der Waals surface area contributed by atoms with E-state index in [0.717, 1.165) is 0 Å². The summed E-state index contributed by atoms with van der Waals surface area (Å²) in [6, 6.07) is 48.5. The zero-order chi connectivity index (χ0) is 55.1. The Morgan fingerprint density at radius 3 is 0.833 bits per heavy atom. The van der Waals surface area contributed by atoms with E-state index in [-0.39, 0.29) is 10.8 Å². The minimum Gasteiger partial charge on any atom is -0.310 e. The standard InChI is InChI=1S/C74H74N4/c1-39-27-53(28-40(2)47(39)9)75(54-29-41(3)48(10)42(4)30-54)65-25-21-57-59-37-68-60(38-67(59)77-63-23-19-51(73(13,14)15)35-61(63)69(65)71(57)77)58-22-26-66(70-62-36-52(74(16,17)18)20-24-64(62)78(68)72(58)70)76(55-31-43(5)49(11)44(6)32-55)56-33-45(7)50(12)46(8)34-56/h19-38H,1-18H3. The molecule has 0 amide bonds. The van der Waals surface area contributed by atoms with Gasteiger partial charge in [0.2, 0.25) is 0 Å². The fourth-order valence-electron chi connectivity index (χ4n) is 13.3. The average Bonchev–Trinajstić information content (AvgIpc) is 2.91. The molecule has 4 heterocycles. The monoisotopic (exact) mass is 1020 g/mol. The van der Waals surface area contributed by atoms with Crippen LogP contribution >= 0.6 is 0 Å². The van der Waals surface area contributed by atoms with Crippen LogP contribution in [0.2, 0.25) is 0 Å². The highest BCUT2D eigenvalue weighted by atomic mass is 15.2. The Morgan fingerprint density at radius 2 is 0.564 bits per heavy atom. The molecule has 0 saturated heterocycles. The van der Waals surface area contributed by atoms with E-state index in [0.29, 0.717) is 0 Å². The van der Waals surface area contributed by atoms with Gasteiger partial charge in [-0.1, -0.05) is 65.8 Å². The molecule has 0 unspecified atom stereocenters. The molecule has 0 aliphatic rings. The number of hydrogen-bond acceptors (Lipinski definition) is 2. The van der Waals surface area contributed by atoms with E-state index < -0.39 is 0 Å². The molecule has 9 aromatic carbocycles. The van der Waals surface area contributed by atoms with Gasteiger partial charge in [-0.2, -0.15) is 0 Å². The summed E-state index contributed by atoms with van der Waals surface area (Å²) in [6.45, 7) is 41.1. The van der Waals surface area contributed by atoms with Gasteiger partial charge in [-0.15, -0.1) is 0 Å². The van der Waals surface area contributed by atoms with Crippen LogP contribution in [-0.2, 0) is 10.8 Å². The molecule has 0 saturated carbocycles. The zero-order valence-corrected chi connectivity index (χ0v) is 49.3. The first-order chi connectivity index (χ1) is 36.9. The van der Waals surface area contributed by atoms with E-state index in [9.17, 15) is 0 Å². The topological polar surface area (TPSA) is 15.3 Å². The minimum atomic E-state index is -0.0372. The average molecular weight is 1020 g/mol. The van der Waals surface area contributed by atoms with Crippen LogP contribution in [0.25, 0.3) is 76.2 Å². The molecule has 0 spiro atoms. The molecule has 0 atom stereocenters. The lowest BCUT2D eigenvalue weighted by molar-refractivity contribution is 0.591. The van der Waals surface area contributed by atoms with Crippen LogP contribution in [0.5, 0.6) is 0 Å². The summed E-state index contributed by atoms with van der Waals surface area (Å²) in [7, 11) is 0. The van der Waals surface area contributed by atoms with Crippen molar-refractivity contribution in [2.75, 3.05) is 9.80 Å². The normalized spacial score (nSPS) is 12.7. The molecule has 4 aromatic heterocycles. The Kier molecular flexibility index (Phi) is 10.7. The molecule has 0 N–H and O–H groups in total. The van der Waals surface area contributed by atoms with E-state index in [1.54, 1.807) is 0 Å². The van der Waals surface area contributed by atoms with E-state index in [1.165, 1.54) is 188 Å². The molecular weight excluding hydrogens is 945 g/mol. The molecule has 4 nitrogen and oxygen atoms in total. The van der Waals surface area contributed by atoms with E-state index >= 15 is 0 Å². The van der Waals surface area contributed by atoms with E-state index in [1.807, 2.05) is 0 Å². The smallest absolute Gasteiger partial charge is 0.0641 e. The van der Waals surface area contributed by atoms with Crippen LogP contribution in [0.1, 0.15) is 119 Å². The minimum absolute atomic E-state index is 0.0372. The molecular formula is C74H74N4. The third-order valence-corrected chi connectivity index (χ3v) is 18.8. The predicted octanol–water partition coefficient (Wildman–Crippen LogP) is 21.2. The number of anilines is 6. The molecule has 4 heteroatoms. The van der Waals surface area contributed by atoms with Crippen LogP contribution in [0.15, 0.2) is 121 Å². The third kappa shape index (κ3) is 7.10. The first kappa shape index (κ1) is 49.7. The van der Waals surface area contributed by atoms with Gasteiger partial charge in [0.25, 0.3) is 0 Å². The van der Waals surface area contributed by atoms with Crippen LogP contribution < -0.4 is 9.80 Å². The lowest BCUT2D eigenvalue weighted by atomic mass is 9.86. The fourth-order valence-corrected chi connectivity index (χ4v) is 13.3. The number of nitrogens with zero attached hydrogens (tertiary/aromatic N) is 4. The maximum Gasteiger partial charge on any atom is 0.0641 e. The van der Waals surface area contributed by atoms with Crippen LogP contribution in [0.4, 0.5) is 34.1 Å². The summed E-state index contributed by atoms with van der Waals surface area (Å²) in [4.78, 5) is 5.11.